The highest BCUT2D eigenvalue weighted by Gasteiger charge is 2.28. The van der Waals surface area contributed by atoms with E-state index in [0.717, 1.165) is 0 Å². The standard InChI is InChI=1S/C23H26N2O3/c1-15(2)25(16(3)4)22(26)17(5)28-23(27)21-13-9-8-12-20(21)19-11-7-6-10-18(19)14-24/h6-13,15-17H,1-5H3/t17-/m0/s1. The van der Waals surface area contributed by atoms with Crippen molar-refractivity contribution in [3.05, 3.63) is 59.7 Å². The van der Waals surface area contributed by atoms with Crippen molar-refractivity contribution in [3.63, 3.8) is 0 Å². The predicted octanol–water partition coefficient (Wildman–Crippen LogP) is 4.42. The first-order valence-electron chi connectivity index (χ1n) is 9.39. The Morgan fingerprint density at radius 2 is 1.43 bits per heavy atom. The van der Waals surface area contributed by atoms with Gasteiger partial charge in [-0.25, -0.2) is 4.79 Å². The molecule has 28 heavy (non-hydrogen) atoms. The molecule has 1 atom stereocenters. The largest absolute Gasteiger partial charge is 0.449 e. The van der Waals surface area contributed by atoms with Crippen molar-refractivity contribution in [2.24, 2.45) is 0 Å². The zero-order valence-corrected chi connectivity index (χ0v) is 17.0. The van der Waals surface area contributed by atoms with Crippen LogP contribution in [0.4, 0.5) is 0 Å². The van der Waals surface area contributed by atoms with Crippen molar-refractivity contribution in [2.45, 2.75) is 52.8 Å². The monoisotopic (exact) mass is 378 g/mol. The smallest absolute Gasteiger partial charge is 0.339 e. The van der Waals surface area contributed by atoms with Gasteiger partial charge in [-0.15, -0.1) is 0 Å². The fourth-order valence-corrected chi connectivity index (χ4v) is 3.30. The SMILES string of the molecule is CC(C)N(C(=O)[C@H](C)OC(=O)c1ccccc1-c1ccccc1C#N)C(C)C. The highest BCUT2D eigenvalue weighted by atomic mass is 16.5. The lowest BCUT2D eigenvalue weighted by Gasteiger charge is -2.32. The highest BCUT2D eigenvalue weighted by Crippen LogP contribution is 2.27. The Labute approximate surface area is 166 Å². The van der Waals surface area contributed by atoms with Crippen LogP contribution >= 0.6 is 0 Å². The summed E-state index contributed by atoms with van der Waals surface area (Å²) in [4.78, 5) is 27.3. The average molecular weight is 378 g/mol. The first kappa shape index (κ1) is 21.2. The van der Waals surface area contributed by atoms with Crippen LogP contribution in [0.1, 0.15) is 50.5 Å². The lowest BCUT2D eigenvalue weighted by molar-refractivity contribution is -0.143. The van der Waals surface area contributed by atoms with Crippen LogP contribution in [0.3, 0.4) is 0 Å². The van der Waals surface area contributed by atoms with Crippen LogP contribution in [-0.4, -0.2) is 35.0 Å². The maximum absolute atomic E-state index is 12.8. The van der Waals surface area contributed by atoms with Crippen molar-refractivity contribution < 1.29 is 14.3 Å². The number of ether oxygens (including phenoxy) is 1. The van der Waals surface area contributed by atoms with Crippen molar-refractivity contribution in [1.82, 2.24) is 4.90 Å². The van der Waals surface area contributed by atoms with E-state index >= 15 is 0 Å². The number of hydrogen-bond donors (Lipinski definition) is 0. The first-order chi connectivity index (χ1) is 13.3. The molecular weight excluding hydrogens is 352 g/mol. The summed E-state index contributed by atoms with van der Waals surface area (Å²) in [6.07, 6.45) is -0.906. The van der Waals surface area contributed by atoms with Gasteiger partial charge >= 0.3 is 5.97 Å². The second-order valence-electron chi connectivity index (χ2n) is 7.18. The van der Waals surface area contributed by atoms with Crippen LogP contribution in [-0.2, 0) is 9.53 Å². The van der Waals surface area contributed by atoms with Crippen LogP contribution in [0.15, 0.2) is 48.5 Å². The molecule has 146 valence electrons. The van der Waals surface area contributed by atoms with Gasteiger partial charge in [-0.1, -0.05) is 36.4 Å². The Balaban J connectivity index is 2.31. The van der Waals surface area contributed by atoms with E-state index in [-0.39, 0.29) is 18.0 Å². The molecule has 0 N–H and O–H groups in total. The number of hydrogen-bond acceptors (Lipinski definition) is 4. The van der Waals surface area contributed by atoms with Gasteiger partial charge in [0.2, 0.25) is 0 Å². The topological polar surface area (TPSA) is 70.4 Å². The van der Waals surface area contributed by atoms with Crippen LogP contribution in [0, 0.1) is 11.3 Å². The molecule has 0 aliphatic rings. The van der Waals surface area contributed by atoms with Gasteiger partial charge < -0.3 is 9.64 Å². The fraction of sp³-hybridized carbons (Fsp3) is 0.348. The van der Waals surface area contributed by atoms with E-state index in [9.17, 15) is 14.9 Å². The molecule has 2 aromatic carbocycles. The van der Waals surface area contributed by atoms with Gasteiger partial charge in [0.15, 0.2) is 6.10 Å². The summed E-state index contributed by atoms with van der Waals surface area (Å²) >= 11 is 0. The van der Waals surface area contributed by atoms with Crippen LogP contribution in [0.2, 0.25) is 0 Å². The third-order valence-electron chi connectivity index (χ3n) is 4.48. The number of carbonyl (C=O) groups excluding carboxylic acids is 2. The summed E-state index contributed by atoms with van der Waals surface area (Å²) in [6, 6.07) is 16.2. The molecule has 0 fully saturated rings. The Bertz CT molecular complexity index is 889. The van der Waals surface area contributed by atoms with E-state index in [2.05, 4.69) is 6.07 Å². The number of nitriles is 1. The summed E-state index contributed by atoms with van der Waals surface area (Å²) in [5, 5.41) is 9.38. The summed E-state index contributed by atoms with van der Waals surface area (Å²) in [5.41, 5.74) is 2.06. The molecule has 0 saturated heterocycles. The summed E-state index contributed by atoms with van der Waals surface area (Å²) in [5.74, 6) is -0.815. The van der Waals surface area contributed by atoms with Crippen molar-refractivity contribution in [3.8, 4) is 17.2 Å². The van der Waals surface area contributed by atoms with Gasteiger partial charge in [0.1, 0.15) is 0 Å². The predicted molar refractivity (Wildman–Crippen MR) is 109 cm³/mol. The molecule has 1 amide bonds. The Morgan fingerprint density at radius 1 is 0.893 bits per heavy atom. The number of rotatable bonds is 6. The molecule has 0 unspecified atom stereocenters. The number of esters is 1. The Hall–Kier alpha value is -3.13. The molecule has 0 heterocycles. The molecule has 2 aromatic rings. The summed E-state index contributed by atoms with van der Waals surface area (Å²) < 4.78 is 5.50. The van der Waals surface area contributed by atoms with E-state index in [1.165, 1.54) is 0 Å². The third kappa shape index (κ3) is 4.58. The second-order valence-corrected chi connectivity index (χ2v) is 7.18. The number of carbonyl (C=O) groups is 2. The molecule has 0 spiro atoms. The van der Waals surface area contributed by atoms with Gasteiger partial charge in [0.05, 0.1) is 17.2 Å². The normalized spacial score (nSPS) is 11.8. The van der Waals surface area contributed by atoms with Crippen LogP contribution in [0.5, 0.6) is 0 Å². The molecule has 5 heteroatoms. The lowest BCUT2D eigenvalue weighted by atomic mass is 9.96. The number of amides is 1. The zero-order valence-electron chi connectivity index (χ0n) is 17.0. The van der Waals surface area contributed by atoms with Crippen molar-refractivity contribution in [2.75, 3.05) is 0 Å². The van der Waals surface area contributed by atoms with Crippen LogP contribution in [0.25, 0.3) is 11.1 Å². The zero-order chi connectivity index (χ0) is 20.8. The lowest BCUT2D eigenvalue weighted by Crippen LogP contribution is -2.47. The maximum Gasteiger partial charge on any atom is 0.339 e. The van der Waals surface area contributed by atoms with Gasteiger partial charge in [0, 0.05) is 17.6 Å². The van der Waals surface area contributed by atoms with Crippen molar-refractivity contribution in [1.29, 1.82) is 5.26 Å². The minimum Gasteiger partial charge on any atom is -0.449 e. The quantitative estimate of drug-likeness (QED) is 0.698. The summed E-state index contributed by atoms with van der Waals surface area (Å²) in [7, 11) is 0. The second kappa shape index (κ2) is 9.18. The first-order valence-corrected chi connectivity index (χ1v) is 9.39. The van der Waals surface area contributed by atoms with E-state index in [0.29, 0.717) is 22.3 Å². The van der Waals surface area contributed by atoms with Gasteiger partial charge in [0.25, 0.3) is 5.91 Å². The number of nitrogens with zero attached hydrogens (tertiary/aromatic N) is 2. The van der Waals surface area contributed by atoms with E-state index in [4.69, 9.17) is 4.74 Å². The fourth-order valence-electron chi connectivity index (χ4n) is 3.30. The van der Waals surface area contributed by atoms with Crippen molar-refractivity contribution >= 4 is 11.9 Å². The van der Waals surface area contributed by atoms with Gasteiger partial charge in [-0.05, 0) is 52.3 Å². The third-order valence-corrected chi connectivity index (χ3v) is 4.48. The molecule has 0 aliphatic carbocycles. The summed E-state index contributed by atoms with van der Waals surface area (Å²) in [6.45, 7) is 9.31. The van der Waals surface area contributed by atoms with Crippen LogP contribution < -0.4 is 0 Å². The highest BCUT2D eigenvalue weighted by molar-refractivity contribution is 5.99. The van der Waals surface area contributed by atoms with E-state index in [1.807, 2.05) is 33.8 Å². The minimum atomic E-state index is -0.906. The molecule has 2 rings (SSSR count). The molecule has 0 aliphatic heterocycles. The van der Waals surface area contributed by atoms with Gasteiger partial charge in [-0.3, -0.25) is 4.79 Å². The average Bonchev–Trinajstić information content (AvgIpc) is 2.67. The maximum atomic E-state index is 12.8. The number of benzene rings is 2. The Kier molecular flexibility index (Phi) is 6.94. The molecular formula is C23H26N2O3. The van der Waals surface area contributed by atoms with E-state index < -0.39 is 12.1 Å². The molecule has 0 aromatic heterocycles. The molecule has 0 bridgehead atoms. The molecule has 0 radical (unpaired) electrons. The van der Waals surface area contributed by atoms with Gasteiger partial charge in [-0.2, -0.15) is 5.26 Å². The molecule has 5 nitrogen and oxygen atoms in total. The Morgan fingerprint density at radius 3 is 2.00 bits per heavy atom. The van der Waals surface area contributed by atoms with E-state index in [1.54, 1.807) is 54.3 Å². The minimum absolute atomic E-state index is 0.00319. The molecule has 0 saturated carbocycles.